The molecule has 0 aliphatic heterocycles. The number of para-hydroxylation sites is 1. The number of benzene rings is 1. The van der Waals surface area contributed by atoms with Crippen LogP contribution in [0.1, 0.15) is 20.8 Å². The first kappa shape index (κ1) is 22.1. The van der Waals surface area contributed by atoms with Crippen molar-refractivity contribution < 1.29 is 19.2 Å². The van der Waals surface area contributed by atoms with E-state index in [9.17, 15) is 14.9 Å². The molecule has 0 radical (unpaired) electrons. The van der Waals surface area contributed by atoms with E-state index in [1.165, 1.54) is 11.1 Å². The van der Waals surface area contributed by atoms with Gasteiger partial charge in [-0.25, -0.2) is 0 Å². The molecule has 0 aliphatic carbocycles. The summed E-state index contributed by atoms with van der Waals surface area (Å²) >= 11 is -0.761. The predicted octanol–water partition coefficient (Wildman–Crippen LogP) is 2.51. The Hall–Kier alpha value is -2.18. The second-order valence-electron chi connectivity index (χ2n) is 7.23. The van der Waals surface area contributed by atoms with Crippen LogP contribution in [0.5, 0.6) is 0 Å². The Balaban J connectivity index is 1.83. The molecule has 0 N–H and O–H groups in total. The van der Waals surface area contributed by atoms with Crippen molar-refractivity contribution in [1.29, 1.82) is 0 Å². The van der Waals surface area contributed by atoms with Crippen LogP contribution in [0.3, 0.4) is 0 Å². The van der Waals surface area contributed by atoms with Gasteiger partial charge in [0.1, 0.15) is 0 Å². The number of nitrogens with zero attached hydrogens (tertiary/aromatic N) is 3. The summed E-state index contributed by atoms with van der Waals surface area (Å²) in [5.41, 5.74) is 0.328. The molecule has 0 saturated heterocycles. The fourth-order valence-corrected chi connectivity index (χ4v) is 5.03. The Morgan fingerprint density at radius 3 is 2.68 bits per heavy atom. The molecule has 152 valence electrons. The number of carbonyl (C=O) groups excluding carboxylic acids is 1. The number of carbonyl (C=O) groups is 1. The number of ether oxygens (including phenoxy) is 2. The molecule has 2 aromatic rings. The molecule has 1 amide bonds. The first-order chi connectivity index (χ1) is 13.2. The van der Waals surface area contributed by atoms with Gasteiger partial charge in [-0.15, -0.1) is 0 Å². The molecule has 1 aromatic heterocycles. The number of fused-ring (bicyclic) bond motifs is 1. The molecule has 0 fully saturated rings. The number of likely N-dealkylation sites (N-methyl/N-ethyl adjacent to an activating group) is 1. The maximum atomic E-state index is 11.9. The van der Waals surface area contributed by atoms with Gasteiger partial charge in [0.2, 0.25) is 0 Å². The topological polar surface area (TPSA) is 94.8 Å². The van der Waals surface area contributed by atoms with Gasteiger partial charge in [-0.3, -0.25) is 0 Å². The van der Waals surface area contributed by atoms with Crippen molar-refractivity contribution in [3.8, 4) is 0 Å². The second kappa shape index (κ2) is 9.84. The summed E-state index contributed by atoms with van der Waals surface area (Å²) in [6, 6.07) is 7.48. The Labute approximate surface area is 171 Å². The van der Waals surface area contributed by atoms with Gasteiger partial charge < -0.3 is 0 Å². The van der Waals surface area contributed by atoms with Crippen LogP contribution < -0.4 is 4.35 Å². The summed E-state index contributed by atoms with van der Waals surface area (Å²) in [6.45, 7) is 6.77. The van der Waals surface area contributed by atoms with Crippen molar-refractivity contribution in [2.45, 2.75) is 31.6 Å². The van der Waals surface area contributed by atoms with Crippen molar-refractivity contribution >= 4 is 42.8 Å². The van der Waals surface area contributed by atoms with Crippen LogP contribution in [-0.4, -0.2) is 69.1 Å². The van der Waals surface area contributed by atoms with Crippen molar-refractivity contribution in [2.24, 2.45) is 0 Å². The number of rotatable bonds is 8. The zero-order chi connectivity index (χ0) is 20.7. The van der Waals surface area contributed by atoms with E-state index in [1.807, 2.05) is 45.0 Å². The van der Waals surface area contributed by atoms with Gasteiger partial charge in [-0.05, 0) is 0 Å². The fourth-order valence-electron chi connectivity index (χ4n) is 2.44. The van der Waals surface area contributed by atoms with Gasteiger partial charge in [0.05, 0.1) is 0 Å². The summed E-state index contributed by atoms with van der Waals surface area (Å²) in [5.74, 6) is 0. The maximum absolute atomic E-state index is 11.9. The average Bonchev–Trinajstić information content (AvgIpc) is 2.62. The second-order valence-corrected chi connectivity index (χ2v) is 10.1. The summed E-state index contributed by atoms with van der Waals surface area (Å²) in [4.78, 5) is 28.5. The van der Waals surface area contributed by atoms with E-state index in [1.54, 1.807) is 7.05 Å². The quantitative estimate of drug-likeness (QED) is 0.265. The molecule has 0 bridgehead atoms. The zero-order valence-electron chi connectivity index (χ0n) is 16.6. The molecule has 8 nitrogen and oxygen atoms in total. The molecule has 28 heavy (non-hydrogen) atoms. The minimum absolute atomic E-state index is 0.0864. The van der Waals surface area contributed by atoms with E-state index >= 15 is 0 Å². The van der Waals surface area contributed by atoms with Crippen LogP contribution >= 0.6 is 0 Å². The van der Waals surface area contributed by atoms with E-state index < -0.39 is 21.4 Å². The molecule has 0 aliphatic rings. The van der Waals surface area contributed by atoms with Crippen LogP contribution in [0.4, 0.5) is 10.5 Å². The first-order valence-electron chi connectivity index (χ1n) is 8.97. The third-order valence-electron chi connectivity index (χ3n) is 3.78. The minimum atomic E-state index is -0.761. The Morgan fingerprint density at radius 2 is 2.00 bits per heavy atom. The van der Waals surface area contributed by atoms with E-state index in [4.69, 9.17) is 9.47 Å². The number of nitro groups is 1. The van der Waals surface area contributed by atoms with Gasteiger partial charge in [-0.1, -0.05) is 0 Å². The Morgan fingerprint density at radius 1 is 1.29 bits per heavy atom. The Kier molecular flexibility index (Phi) is 7.77. The average molecular weight is 451 g/mol. The number of amides is 1. The molecule has 1 aromatic carbocycles. The molecule has 0 spiro atoms. The third-order valence-corrected chi connectivity index (χ3v) is 6.57. The normalized spacial score (nSPS) is 11.9. The molecule has 9 heteroatoms. The van der Waals surface area contributed by atoms with Gasteiger partial charge in [0.25, 0.3) is 0 Å². The van der Waals surface area contributed by atoms with Crippen molar-refractivity contribution in [3.05, 3.63) is 40.6 Å². The number of hydrogen-bond donors (Lipinski definition) is 0. The fraction of sp³-hybridized carbons (Fsp3) is 0.474. The molecular weight excluding hydrogens is 425 g/mol. The summed E-state index contributed by atoms with van der Waals surface area (Å²) in [5, 5.41) is 12.9. The standard InChI is InChI=1S/C19H26AsN3O5/c1-19(2,3)28-18(24)22(4)10-12-27-11-9-20-17-14-7-5-6-8-15(14)21-13-16(17)23(25)26/h5-8,13,20H,9-12H2,1-4H3. The molecule has 1 atom stereocenters. The van der Waals surface area contributed by atoms with E-state index in [0.29, 0.717) is 19.8 Å². The summed E-state index contributed by atoms with van der Waals surface area (Å²) < 4.78 is 11.7. The van der Waals surface area contributed by atoms with Gasteiger partial charge in [-0.2, -0.15) is 0 Å². The summed E-state index contributed by atoms with van der Waals surface area (Å²) in [7, 11) is 1.66. The zero-order valence-corrected chi connectivity index (χ0v) is 18.7. The molecule has 2 rings (SSSR count). The summed E-state index contributed by atoms with van der Waals surface area (Å²) in [6.07, 6.45) is 0.959. The SMILES string of the molecule is CN(CCOCC[AsH]c1c([N+](=O)[O-])cnc2ccccc12)C(=O)OC(C)(C)C. The van der Waals surface area contributed by atoms with Crippen LogP contribution in [0.15, 0.2) is 30.5 Å². The van der Waals surface area contributed by atoms with Crippen molar-refractivity contribution in [3.63, 3.8) is 0 Å². The van der Waals surface area contributed by atoms with Crippen LogP contribution in [0, 0.1) is 10.1 Å². The van der Waals surface area contributed by atoms with Gasteiger partial charge in [0, 0.05) is 0 Å². The first-order valence-corrected chi connectivity index (χ1v) is 11.5. The van der Waals surface area contributed by atoms with E-state index in [2.05, 4.69) is 4.98 Å². The third kappa shape index (κ3) is 6.46. The molecular formula is C19H26AsN3O5. The van der Waals surface area contributed by atoms with E-state index in [-0.39, 0.29) is 16.7 Å². The number of aromatic nitrogens is 1. The monoisotopic (exact) mass is 451 g/mol. The van der Waals surface area contributed by atoms with Crippen molar-refractivity contribution in [2.75, 3.05) is 26.8 Å². The van der Waals surface area contributed by atoms with Gasteiger partial charge in [0.15, 0.2) is 0 Å². The number of hydrogen-bond acceptors (Lipinski definition) is 6. The Bertz CT molecular complexity index is 838. The molecule has 1 unspecified atom stereocenters. The van der Waals surface area contributed by atoms with Crippen LogP contribution in [0.2, 0.25) is 5.21 Å². The number of pyridine rings is 1. The van der Waals surface area contributed by atoms with Crippen LogP contribution in [0.25, 0.3) is 10.9 Å². The molecule has 1 heterocycles. The van der Waals surface area contributed by atoms with Crippen molar-refractivity contribution in [1.82, 2.24) is 9.88 Å². The van der Waals surface area contributed by atoms with E-state index in [0.717, 1.165) is 20.5 Å². The molecule has 0 saturated carbocycles. The predicted molar refractivity (Wildman–Crippen MR) is 110 cm³/mol. The van der Waals surface area contributed by atoms with Crippen LogP contribution in [-0.2, 0) is 9.47 Å². The van der Waals surface area contributed by atoms with Gasteiger partial charge >= 0.3 is 171 Å².